The summed E-state index contributed by atoms with van der Waals surface area (Å²) in [4.78, 5) is 37.3. The first-order valence-corrected chi connectivity index (χ1v) is 20.3. The minimum Gasteiger partial charge on any atom is -0.346 e. The maximum Gasteiger partial charge on any atom is 0.386 e. The standard InChI is InChI=1S/C26H28F2N8O8P2S2/c27-17-21-15-7-39-46(38,48)44-22-16(8-40-45(37,47)43-21)42-26(18(22)28)36-12-34-20-14(30-10-32-24(20)36)6-4-2-1-3-5-13-19-23(31-9-29-13)35(11-33-19)25(17)41-15/h1-2,9-12,15-18,21-22,25-26H,3-8H2,(H,37,47)(H,38,48)/b2-1+/t15?,16?,17-,18-,21-,22-,25-,26?,45?,46?/m1/s1. The Labute approximate surface area is 281 Å². The van der Waals surface area contributed by atoms with Gasteiger partial charge in [-0.25, -0.2) is 43.2 Å². The molecule has 4 aromatic rings. The fourth-order valence-electron chi connectivity index (χ4n) is 6.27. The van der Waals surface area contributed by atoms with E-state index in [1.807, 2.05) is 12.2 Å². The van der Waals surface area contributed by atoms with Crippen LogP contribution in [0.3, 0.4) is 0 Å². The molecule has 3 fully saturated rings. The second-order valence-electron chi connectivity index (χ2n) is 11.5. The highest BCUT2D eigenvalue weighted by Crippen LogP contribution is 2.58. The zero-order valence-electron chi connectivity index (χ0n) is 24.7. The largest absolute Gasteiger partial charge is 0.386 e. The van der Waals surface area contributed by atoms with Crippen LogP contribution in [0.1, 0.15) is 36.7 Å². The van der Waals surface area contributed by atoms with Gasteiger partial charge in [-0.2, -0.15) is 0 Å². The van der Waals surface area contributed by atoms with Gasteiger partial charge in [-0.1, -0.05) is 24.4 Å². The molecule has 5 unspecified atom stereocenters. The average molecular weight is 745 g/mol. The molecule has 10 atom stereocenters. The van der Waals surface area contributed by atoms with Gasteiger partial charge < -0.3 is 18.9 Å². The molecular weight excluding hydrogens is 716 g/mol. The molecule has 22 heteroatoms. The average Bonchev–Trinajstić information content (AvgIpc) is 3.81. The molecule has 0 spiro atoms. The summed E-state index contributed by atoms with van der Waals surface area (Å²) >= 11 is 9.31. The summed E-state index contributed by atoms with van der Waals surface area (Å²) in [5, 5.41) is 0. The minimum absolute atomic E-state index is 0.297. The van der Waals surface area contributed by atoms with Crippen LogP contribution in [0.25, 0.3) is 22.3 Å². The molecule has 0 radical (unpaired) electrons. The Morgan fingerprint density at radius 3 is 1.83 bits per heavy atom. The Balaban J connectivity index is 1.21. The number of aromatic nitrogens is 8. The van der Waals surface area contributed by atoms with E-state index in [9.17, 15) is 9.46 Å². The molecule has 16 nitrogen and oxygen atoms in total. The van der Waals surface area contributed by atoms with Gasteiger partial charge in [-0.15, -0.1) is 0 Å². The Hall–Kier alpha value is -2.35. The van der Waals surface area contributed by atoms with Gasteiger partial charge in [0.2, 0.25) is 0 Å². The number of halogens is 2. The van der Waals surface area contributed by atoms with Crippen molar-refractivity contribution in [2.24, 2.45) is 0 Å². The van der Waals surface area contributed by atoms with Crippen molar-refractivity contribution in [1.29, 1.82) is 0 Å². The SMILES string of the molecule is O=P1(S)OCC2OC3[C@H](F)[C@@H]2OP(O)(=S)OCC2O[C@H]([C@H](F)[C@@H]2O1)n1cnc2c(ncnc21)CC/C=C/CCc1ncnc2c1ncn23. The lowest BCUT2D eigenvalue weighted by Crippen LogP contribution is -2.37. The van der Waals surface area contributed by atoms with E-state index in [1.54, 1.807) is 0 Å². The first-order valence-electron chi connectivity index (χ1n) is 15.0. The predicted molar refractivity (Wildman–Crippen MR) is 169 cm³/mol. The molecule has 48 heavy (non-hydrogen) atoms. The summed E-state index contributed by atoms with van der Waals surface area (Å²) < 4.78 is 83.1. The second-order valence-corrected chi connectivity index (χ2v) is 17.2. The molecule has 1 N–H and O–H groups in total. The number of allylic oxidation sites excluding steroid dienone is 2. The lowest BCUT2D eigenvalue weighted by molar-refractivity contribution is -0.0564. The normalized spacial score (nSPS) is 38.3. The molecule has 3 saturated heterocycles. The van der Waals surface area contributed by atoms with Gasteiger partial charge >= 0.3 is 13.5 Å². The van der Waals surface area contributed by atoms with E-state index in [1.165, 1.54) is 34.4 Å². The Kier molecular flexibility index (Phi) is 8.73. The van der Waals surface area contributed by atoms with Gasteiger partial charge in [0.05, 0.1) is 37.3 Å². The van der Waals surface area contributed by atoms with E-state index < -0.39 is 75.9 Å². The van der Waals surface area contributed by atoms with E-state index in [0.717, 1.165) is 0 Å². The lowest BCUT2D eigenvalue weighted by atomic mass is 10.1. The Bertz CT molecular complexity index is 1850. The van der Waals surface area contributed by atoms with Gasteiger partial charge in [0, 0.05) is 0 Å². The van der Waals surface area contributed by atoms with Crippen molar-refractivity contribution >= 4 is 59.9 Å². The second kappa shape index (κ2) is 12.8. The molecule has 9 heterocycles. The summed E-state index contributed by atoms with van der Waals surface area (Å²) in [5.41, 5.74) is 2.79. The van der Waals surface area contributed by atoms with Crippen molar-refractivity contribution in [1.82, 2.24) is 39.0 Å². The van der Waals surface area contributed by atoms with Crippen LogP contribution in [0.4, 0.5) is 8.78 Å². The first-order chi connectivity index (χ1) is 23.1. The molecule has 0 aromatic carbocycles. The molecule has 5 aliphatic rings. The number of hydrogen-bond donors (Lipinski definition) is 2. The highest BCUT2D eigenvalue weighted by atomic mass is 32.7. The molecule has 0 saturated carbocycles. The van der Waals surface area contributed by atoms with Crippen molar-refractivity contribution in [3.8, 4) is 0 Å². The van der Waals surface area contributed by atoms with Crippen LogP contribution in [0.2, 0.25) is 0 Å². The summed E-state index contributed by atoms with van der Waals surface area (Å²) in [7, 11) is 0. The number of thiol groups is 1. The van der Waals surface area contributed by atoms with Crippen LogP contribution >= 0.6 is 25.8 Å². The van der Waals surface area contributed by atoms with Crippen molar-refractivity contribution in [3.63, 3.8) is 0 Å². The molecule has 9 rings (SSSR count). The van der Waals surface area contributed by atoms with Crippen molar-refractivity contribution in [3.05, 3.63) is 48.8 Å². The van der Waals surface area contributed by atoms with Crippen LogP contribution in [0, 0.1) is 0 Å². The van der Waals surface area contributed by atoms with Gasteiger partial charge in [-0.3, -0.25) is 22.7 Å². The third-order valence-electron chi connectivity index (χ3n) is 8.53. The molecule has 256 valence electrons. The molecule has 0 amide bonds. The summed E-state index contributed by atoms with van der Waals surface area (Å²) in [6.45, 7) is -9.76. The lowest BCUT2D eigenvalue weighted by Gasteiger charge is -2.29. The predicted octanol–water partition coefficient (Wildman–Crippen LogP) is 3.64. The number of imidazole rings is 2. The zero-order chi connectivity index (χ0) is 33.2. The number of ether oxygens (including phenoxy) is 2. The van der Waals surface area contributed by atoms with Gasteiger partial charge in [-0.05, 0) is 37.5 Å². The third-order valence-corrected chi connectivity index (χ3v) is 11.7. The highest BCUT2D eigenvalue weighted by molar-refractivity contribution is 8.44. The quantitative estimate of drug-likeness (QED) is 0.151. The maximum atomic E-state index is 16.3. The topological polar surface area (TPSA) is 180 Å². The maximum absolute atomic E-state index is 16.3. The summed E-state index contributed by atoms with van der Waals surface area (Å²) in [5.74, 6) is 0. The fraction of sp³-hybridized carbons (Fsp3) is 0.538. The van der Waals surface area contributed by atoms with Gasteiger partial charge in [0.25, 0.3) is 0 Å². The molecular formula is C26H28F2N8O8P2S2. The van der Waals surface area contributed by atoms with E-state index in [-0.39, 0.29) is 0 Å². The van der Waals surface area contributed by atoms with Crippen LogP contribution in [0.15, 0.2) is 37.5 Å². The fourth-order valence-corrected chi connectivity index (χ4v) is 9.19. The van der Waals surface area contributed by atoms with Gasteiger partial charge in [0.1, 0.15) is 48.1 Å². The van der Waals surface area contributed by atoms with E-state index in [2.05, 4.69) is 42.2 Å². The first kappa shape index (κ1) is 32.8. The number of hydrogen-bond acceptors (Lipinski definition) is 14. The Morgan fingerprint density at radius 2 is 1.29 bits per heavy atom. The number of alkyl halides is 2. The van der Waals surface area contributed by atoms with Crippen molar-refractivity contribution < 1.29 is 45.8 Å². The van der Waals surface area contributed by atoms with Crippen LogP contribution < -0.4 is 0 Å². The highest BCUT2D eigenvalue weighted by Gasteiger charge is 2.54. The third kappa shape index (κ3) is 6.04. The van der Waals surface area contributed by atoms with E-state index in [0.29, 0.717) is 59.4 Å². The Morgan fingerprint density at radius 1 is 0.792 bits per heavy atom. The summed E-state index contributed by atoms with van der Waals surface area (Å²) in [6.07, 6.45) is -0.587. The number of fused-ring (bicyclic) bond motifs is 10. The molecule has 0 aliphatic carbocycles. The zero-order valence-corrected chi connectivity index (χ0v) is 28.2. The minimum atomic E-state index is -4.36. The van der Waals surface area contributed by atoms with Crippen LogP contribution in [-0.2, 0) is 56.8 Å². The van der Waals surface area contributed by atoms with E-state index in [4.69, 9.17) is 39.4 Å². The molecule has 5 aliphatic heterocycles. The van der Waals surface area contributed by atoms with Crippen molar-refractivity contribution in [2.75, 3.05) is 13.2 Å². The van der Waals surface area contributed by atoms with Crippen LogP contribution in [0.5, 0.6) is 0 Å². The van der Waals surface area contributed by atoms with Crippen LogP contribution in [-0.4, -0.2) is 93.9 Å². The molecule has 4 aromatic heterocycles. The monoisotopic (exact) mass is 744 g/mol. The number of nitrogens with zero attached hydrogens (tertiary/aromatic N) is 8. The van der Waals surface area contributed by atoms with Gasteiger partial charge in [0.15, 0.2) is 36.1 Å². The van der Waals surface area contributed by atoms with E-state index >= 15 is 8.78 Å². The smallest absolute Gasteiger partial charge is 0.346 e. The van der Waals surface area contributed by atoms with Crippen molar-refractivity contribution in [2.45, 2.75) is 74.9 Å². The summed E-state index contributed by atoms with van der Waals surface area (Å²) in [6, 6.07) is 0. The number of rotatable bonds is 0. The molecule has 14 bridgehead atoms. The number of aryl methyl sites for hydroxylation is 2.